The first-order valence-electron chi connectivity index (χ1n) is 9.23. The second kappa shape index (κ2) is 7.47. The molecule has 5 rings (SSSR count). The fourth-order valence-corrected chi connectivity index (χ4v) is 4.25. The molecule has 0 unspecified atom stereocenters. The molecular weight excluding hydrogens is 423 g/mol. The number of rotatable bonds is 5. The molecule has 0 aliphatic carbocycles. The zero-order valence-corrected chi connectivity index (χ0v) is 17.3. The molecule has 0 amide bonds. The van der Waals surface area contributed by atoms with Gasteiger partial charge < -0.3 is 13.9 Å². The van der Waals surface area contributed by atoms with E-state index < -0.39 is 5.97 Å². The van der Waals surface area contributed by atoms with Gasteiger partial charge >= 0.3 is 5.97 Å². The van der Waals surface area contributed by atoms with Crippen molar-refractivity contribution in [3.8, 4) is 17.3 Å². The van der Waals surface area contributed by atoms with Crippen LogP contribution in [0.25, 0.3) is 27.4 Å². The second-order valence-electron chi connectivity index (χ2n) is 6.68. The maximum absolute atomic E-state index is 13.0. The number of aromatic nitrogens is 4. The van der Waals surface area contributed by atoms with Crippen molar-refractivity contribution in [3.05, 3.63) is 64.7 Å². The number of furan rings is 1. The molecule has 10 heteroatoms. The Kier molecular flexibility index (Phi) is 4.63. The largest absolute Gasteiger partial charge is 0.486 e. The van der Waals surface area contributed by atoms with Gasteiger partial charge in [-0.2, -0.15) is 0 Å². The van der Waals surface area contributed by atoms with Crippen LogP contribution >= 0.6 is 11.3 Å². The molecule has 0 aliphatic heterocycles. The number of benzene rings is 1. The molecule has 0 aliphatic rings. The number of hydrogen-bond donors (Lipinski definition) is 0. The van der Waals surface area contributed by atoms with Crippen LogP contribution in [0.3, 0.4) is 0 Å². The van der Waals surface area contributed by atoms with Crippen LogP contribution in [0.1, 0.15) is 21.0 Å². The van der Waals surface area contributed by atoms with Crippen LogP contribution in [0.2, 0.25) is 0 Å². The van der Waals surface area contributed by atoms with E-state index in [0.29, 0.717) is 38.4 Å². The minimum absolute atomic E-state index is 0.178. The first-order chi connectivity index (χ1) is 15.0. The van der Waals surface area contributed by atoms with Crippen molar-refractivity contribution in [3.63, 3.8) is 0 Å². The molecule has 1 aromatic carbocycles. The van der Waals surface area contributed by atoms with Gasteiger partial charge in [0, 0.05) is 0 Å². The molecule has 0 saturated carbocycles. The summed E-state index contributed by atoms with van der Waals surface area (Å²) in [5.74, 6) is 1.22. The van der Waals surface area contributed by atoms with E-state index in [1.54, 1.807) is 35.1 Å². The Morgan fingerprint density at radius 3 is 2.81 bits per heavy atom. The molecule has 0 fully saturated rings. The van der Waals surface area contributed by atoms with E-state index in [1.807, 2.05) is 6.92 Å². The Morgan fingerprint density at radius 1 is 1.23 bits per heavy atom. The zero-order valence-electron chi connectivity index (χ0n) is 16.5. The highest BCUT2D eigenvalue weighted by Gasteiger charge is 2.21. The fourth-order valence-electron chi connectivity index (χ4n) is 3.19. The third kappa shape index (κ3) is 3.40. The summed E-state index contributed by atoms with van der Waals surface area (Å²) in [5.41, 5.74) is 1.32. The van der Waals surface area contributed by atoms with Crippen LogP contribution in [-0.2, 0) is 11.3 Å². The van der Waals surface area contributed by atoms with E-state index in [0.717, 1.165) is 10.9 Å². The van der Waals surface area contributed by atoms with Crippen molar-refractivity contribution in [1.82, 2.24) is 19.6 Å². The number of methoxy groups -OCH3 is 1. The summed E-state index contributed by atoms with van der Waals surface area (Å²) in [6, 6.07) is 9.28. The van der Waals surface area contributed by atoms with Crippen LogP contribution in [0.5, 0.6) is 5.75 Å². The smallest absolute Gasteiger partial charge is 0.348 e. The summed E-state index contributed by atoms with van der Waals surface area (Å²) in [5, 5.41) is 5.19. The number of thiophene rings is 1. The second-order valence-corrected chi connectivity index (χ2v) is 7.68. The standard InChI is InChI=1S/C21H15FN4O4S/c1-11-16-19-24-18(25-26(19)10-23-20(16)31-17(11)21(27)28-2)15-8-7-14(30-15)9-29-13-5-3-12(22)4-6-13/h3-8,10H,9H2,1-2H3. The molecule has 0 saturated heterocycles. The van der Waals surface area contributed by atoms with Crippen molar-refractivity contribution >= 4 is 33.2 Å². The Hall–Kier alpha value is -3.79. The normalized spacial score (nSPS) is 11.3. The Balaban J connectivity index is 1.45. The fraction of sp³-hybridized carbons (Fsp3) is 0.143. The van der Waals surface area contributed by atoms with Crippen LogP contribution in [-0.4, -0.2) is 32.7 Å². The molecule has 31 heavy (non-hydrogen) atoms. The third-order valence-electron chi connectivity index (χ3n) is 4.71. The molecule has 4 heterocycles. The Labute approximate surface area is 178 Å². The molecule has 0 atom stereocenters. The molecule has 8 nitrogen and oxygen atoms in total. The van der Waals surface area contributed by atoms with Gasteiger partial charge in [-0.3, -0.25) is 0 Å². The average molecular weight is 438 g/mol. The lowest BCUT2D eigenvalue weighted by molar-refractivity contribution is 0.0605. The van der Waals surface area contributed by atoms with E-state index in [1.165, 1.54) is 30.6 Å². The first kappa shape index (κ1) is 19.2. The SMILES string of the molecule is COC(=O)c1sc2ncn3nc(-c4ccc(COc5ccc(F)cc5)o4)nc3c2c1C. The predicted octanol–water partition coefficient (Wildman–Crippen LogP) is 4.41. The molecule has 0 spiro atoms. The van der Waals surface area contributed by atoms with Crippen molar-refractivity contribution in [2.24, 2.45) is 0 Å². The number of aryl methyl sites for hydroxylation is 1. The molecule has 0 bridgehead atoms. The van der Waals surface area contributed by atoms with Crippen LogP contribution in [0.4, 0.5) is 4.39 Å². The van der Waals surface area contributed by atoms with E-state index >= 15 is 0 Å². The summed E-state index contributed by atoms with van der Waals surface area (Å²) < 4.78 is 30.8. The lowest BCUT2D eigenvalue weighted by Crippen LogP contribution is -1.99. The van der Waals surface area contributed by atoms with Gasteiger partial charge in [0.05, 0.1) is 12.5 Å². The van der Waals surface area contributed by atoms with Crippen molar-refractivity contribution < 1.29 is 23.1 Å². The highest BCUT2D eigenvalue weighted by atomic mass is 32.1. The van der Waals surface area contributed by atoms with Gasteiger partial charge in [-0.15, -0.1) is 16.4 Å². The number of nitrogens with zero attached hydrogens (tertiary/aromatic N) is 4. The summed E-state index contributed by atoms with van der Waals surface area (Å²) >= 11 is 1.26. The quantitative estimate of drug-likeness (QED) is 0.375. The molecule has 4 aromatic heterocycles. The van der Waals surface area contributed by atoms with E-state index in [2.05, 4.69) is 15.1 Å². The predicted molar refractivity (Wildman–Crippen MR) is 111 cm³/mol. The van der Waals surface area contributed by atoms with Gasteiger partial charge in [0.2, 0.25) is 5.82 Å². The van der Waals surface area contributed by atoms with Gasteiger partial charge in [-0.05, 0) is 48.9 Å². The summed E-state index contributed by atoms with van der Waals surface area (Å²) in [6.07, 6.45) is 1.55. The number of esters is 1. The number of carbonyl (C=O) groups excluding carboxylic acids is 1. The molecule has 0 radical (unpaired) electrons. The summed E-state index contributed by atoms with van der Waals surface area (Å²) in [4.78, 5) is 22.2. The van der Waals surface area contributed by atoms with E-state index in [4.69, 9.17) is 13.9 Å². The molecule has 5 aromatic rings. The number of hydrogen-bond acceptors (Lipinski definition) is 8. The third-order valence-corrected chi connectivity index (χ3v) is 5.89. The Morgan fingerprint density at radius 2 is 2.03 bits per heavy atom. The van der Waals surface area contributed by atoms with Crippen LogP contribution in [0.15, 0.2) is 47.1 Å². The highest BCUT2D eigenvalue weighted by molar-refractivity contribution is 7.20. The lowest BCUT2D eigenvalue weighted by Gasteiger charge is -2.03. The minimum atomic E-state index is -0.407. The topological polar surface area (TPSA) is 91.8 Å². The van der Waals surface area contributed by atoms with Gasteiger partial charge in [0.15, 0.2) is 11.4 Å². The number of halogens is 1. The number of carbonyl (C=O) groups is 1. The van der Waals surface area contributed by atoms with Gasteiger partial charge in [-0.25, -0.2) is 23.7 Å². The van der Waals surface area contributed by atoms with Gasteiger partial charge in [0.1, 0.15) is 40.0 Å². The molecule has 156 valence electrons. The van der Waals surface area contributed by atoms with Crippen molar-refractivity contribution in [2.45, 2.75) is 13.5 Å². The first-order valence-corrected chi connectivity index (χ1v) is 10.1. The van der Waals surface area contributed by atoms with E-state index in [9.17, 15) is 9.18 Å². The molecule has 0 N–H and O–H groups in total. The van der Waals surface area contributed by atoms with Crippen molar-refractivity contribution in [2.75, 3.05) is 7.11 Å². The summed E-state index contributed by atoms with van der Waals surface area (Å²) in [7, 11) is 1.35. The Bertz CT molecular complexity index is 1420. The maximum Gasteiger partial charge on any atom is 0.348 e. The van der Waals surface area contributed by atoms with Crippen molar-refractivity contribution in [1.29, 1.82) is 0 Å². The van der Waals surface area contributed by atoms with Gasteiger partial charge in [0.25, 0.3) is 0 Å². The summed E-state index contributed by atoms with van der Waals surface area (Å²) in [6.45, 7) is 2.01. The zero-order chi connectivity index (χ0) is 21.5. The number of ether oxygens (including phenoxy) is 2. The monoisotopic (exact) mass is 438 g/mol. The van der Waals surface area contributed by atoms with Crippen LogP contribution in [0, 0.1) is 12.7 Å². The minimum Gasteiger partial charge on any atom is -0.486 e. The van der Waals surface area contributed by atoms with Crippen LogP contribution < -0.4 is 4.74 Å². The highest BCUT2D eigenvalue weighted by Crippen LogP contribution is 2.33. The molecular formula is C21H15FN4O4S. The lowest BCUT2D eigenvalue weighted by atomic mass is 10.2. The average Bonchev–Trinajstić information content (AvgIpc) is 3.49. The maximum atomic E-state index is 13.0. The van der Waals surface area contributed by atoms with E-state index in [-0.39, 0.29) is 12.4 Å². The van der Waals surface area contributed by atoms with Gasteiger partial charge in [-0.1, -0.05) is 0 Å². The number of fused-ring (bicyclic) bond motifs is 3.